The number of aryl methyl sites for hydroxylation is 1. The molecule has 19 heavy (non-hydrogen) atoms. The number of hydrogen-bond acceptors (Lipinski definition) is 1. The van der Waals surface area contributed by atoms with Gasteiger partial charge in [0, 0.05) is 6.04 Å². The largest absolute Gasteiger partial charge is 0.314 e. The summed E-state index contributed by atoms with van der Waals surface area (Å²) in [5.74, 6) is 1.57. The molecule has 0 amide bonds. The Kier molecular flexibility index (Phi) is 7.15. The van der Waals surface area contributed by atoms with Gasteiger partial charge in [-0.25, -0.2) is 0 Å². The summed E-state index contributed by atoms with van der Waals surface area (Å²) in [6.45, 7) is 12.5. The molecule has 1 unspecified atom stereocenters. The minimum absolute atomic E-state index is 0.578. The Morgan fingerprint density at radius 3 is 2.16 bits per heavy atom. The molecule has 1 N–H and O–H groups in total. The summed E-state index contributed by atoms with van der Waals surface area (Å²) >= 11 is 0. The molecule has 0 heterocycles. The molecule has 0 aliphatic rings. The van der Waals surface area contributed by atoms with Crippen molar-refractivity contribution in [2.24, 2.45) is 11.8 Å². The lowest BCUT2D eigenvalue weighted by molar-refractivity contribution is 0.291. The van der Waals surface area contributed by atoms with Crippen molar-refractivity contribution in [2.45, 2.75) is 59.9 Å². The van der Waals surface area contributed by atoms with Crippen LogP contribution in [0.4, 0.5) is 0 Å². The number of rotatable bonds is 8. The highest BCUT2D eigenvalue weighted by molar-refractivity contribution is 5.26. The van der Waals surface area contributed by atoms with E-state index in [2.05, 4.69) is 64.2 Å². The molecule has 1 heteroatoms. The van der Waals surface area contributed by atoms with E-state index >= 15 is 0 Å². The van der Waals surface area contributed by atoms with Crippen LogP contribution in [0, 0.1) is 18.8 Å². The molecule has 108 valence electrons. The smallest absolute Gasteiger partial charge is 0.00104 e. The highest BCUT2D eigenvalue weighted by atomic mass is 14.9. The molecule has 0 saturated heterocycles. The van der Waals surface area contributed by atoms with E-state index in [9.17, 15) is 0 Å². The Hall–Kier alpha value is -0.820. The van der Waals surface area contributed by atoms with Crippen LogP contribution < -0.4 is 5.32 Å². The molecular formula is C18H31N. The quantitative estimate of drug-likeness (QED) is 0.722. The maximum absolute atomic E-state index is 3.63. The first-order valence-corrected chi connectivity index (χ1v) is 7.86. The monoisotopic (exact) mass is 261 g/mol. The van der Waals surface area contributed by atoms with Crippen LogP contribution in [0.15, 0.2) is 24.3 Å². The minimum Gasteiger partial charge on any atom is -0.314 e. The van der Waals surface area contributed by atoms with Gasteiger partial charge in [0.2, 0.25) is 0 Å². The van der Waals surface area contributed by atoms with Crippen molar-refractivity contribution in [2.75, 3.05) is 6.54 Å². The Balaban J connectivity index is 2.75. The Morgan fingerprint density at radius 1 is 1.00 bits per heavy atom. The lowest BCUT2D eigenvalue weighted by Gasteiger charge is -2.27. The summed E-state index contributed by atoms with van der Waals surface area (Å²) in [6.07, 6.45) is 3.78. The maximum atomic E-state index is 3.63. The van der Waals surface area contributed by atoms with E-state index in [4.69, 9.17) is 0 Å². The number of nitrogens with one attached hydrogen (secondary N) is 1. The fourth-order valence-corrected chi connectivity index (χ4v) is 2.87. The van der Waals surface area contributed by atoms with Crippen molar-refractivity contribution in [3.63, 3.8) is 0 Å². The molecule has 0 aliphatic carbocycles. The standard InChI is InChI=1S/C18H31N/c1-6-16(7-2)18(13-19-14(3)4)12-17-11-9-8-10-15(17)5/h8-11,14,16,18-19H,6-7,12-13H2,1-5H3. The average molecular weight is 261 g/mol. The van der Waals surface area contributed by atoms with Crippen LogP contribution in [0.2, 0.25) is 0 Å². The number of hydrogen-bond donors (Lipinski definition) is 1. The van der Waals surface area contributed by atoms with E-state index in [1.54, 1.807) is 0 Å². The normalized spacial score (nSPS) is 13.2. The van der Waals surface area contributed by atoms with E-state index in [1.165, 1.54) is 30.4 Å². The molecule has 0 fully saturated rings. The van der Waals surface area contributed by atoms with Gasteiger partial charge in [-0.2, -0.15) is 0 Å². The molecule has 1 aromatic rings. The van der Waals surface area contributed by atoms with Gasteiger partial charge < -0.3 is 5.32 Å². The third-order valence-corrected chi connectivity index (χ3v) is 4.25. The molecule has 1 atom stereocenters. The first-order chi connectivity index (χ1) is 9.08. The van der Waals surface area contributed by atoms with Crippen LogP contribution in [0.5, 0.6) is 0 Å². The minimum atomic E-state index is 0.578. The lowest BCUT2D eigenvalue weighted by Crippen LogP contribution is -2.33. The van der Waals surface area contributed by atoms with Gasteiger partial charge in [-0.1, -0.05) is 64.8 Å². The Bertz CT molecular complexity index is 352. The van der Waals surface area contributed by atoms with Gasteiger partial charge in [0.25, 0.3) is 0 Å². The van der Waals surface area contributed by atoms with Crippen LogP contribution in [0.1, 0.15) is 51.7 Å². The van der Waals surface area contributed by atoms with E-state index in [0.717, 1.165) is 18.4 Å². The van der Waals surface area contributed by atoms with Crippen molar-refractivity contribution in [1.29, 1.82) is 0 Å². The van der Waals surface area contributed by atoms with Gasteiger partial charge in [0.05, 0.1) is 0 Å². The predicted molar refractivity (Wildman–Crippen MR) is 85.6 cm³/mol. The second-order valence-electron chi connectivity index (χ2n) is 6.03. The lowest BCUT2D eigenvalue weighted by atomic mass is 9.82. The second kappa shape index (κ2) is 8.37. The highest BCUT2D eigenvalue weighted by Crippen LogP contribution is 2.24. The van der Waals surface area contributed by atoms with Crippen LogP contribution in [-0.4, -0.2) is 12.6 Å². The summed E-state index contributed by atoms with van der Waals surface area (Å²) in [7, 11) is 0. The van der Waals surface area contributed by atoms with Crippen LogP contribution in [-0.2, 0) is 6.42 Å². The maximum Gasteiger partial charge on any atom is 0.00104 e. The summed E-state index contributed by atoms with van der Waals surface area (Å²) in [6, 6.07) is 9.41. The summed E-state index contributed by atoms with van der Waals surface area (Å²) in [5, 5.41) is 3.63. The third-order valence-electron chi connectivity index (χ3n) is 4.25. The van der Waals surface area contributed by atoms with Gasteiger partial charge >= 0.3 is 0 Å². The Labute approximate surface area is 119 Å². The number of benzene rings is 1. The van der Waals surface area contributed by atoms with Crippen molar-refractivity contribution in [3.05, 3.63) is 35.4 Å². The molecular weight excluding hydrogens is 230 g/mol. The van der Waals surface area contributed by atoms with Crippen molar-refractivity contribution >= 4 is 0 Å². The fraction of sp³-hybridized carbons (Fsp3) is 0.667. The summed E-state index contributed by atoms with van der Waals surface area (Å²) < 4.78 is 0. The third kappa shape index (κ3) is 5.36. The first kappa shape index (κ1) is 16.2. The predicted octanol–water partition coefficient (Wildman–Crippen LogP) is 4.59. The zero-order valence-electron chi connectivity index (χ0n) is 13.4. The Morgan fingerprint density at radius 2 is 1.63 bits per heavy atom. The van der Waals surface area contributed by atoms with Crippen LogP contribution in [0.3, 0.4) is 0 Å². The van der Waals surface area contributed by atoms with E-state index in [0.29, 0.717) is 6.04 Å². The zero-order valence-corrected chi connectivity index (χ0v) is 13.4. The molecule has 0 aromatic heterocycles. The molecule has 0 saturated carbocycles. The SMILES string of the molecule is CCC(CC)C(CNC(C)C)Cc1ccccc1C. The van der Waals surface area contributed by atoms with Gasteiger partial charge in [-0.05, 0) is 42.9 Å². The van der Waals surface area contributed by atoms with Crippen LogP contribution in [0.25, 0.3) is 0 Å². The van der Waals surface area contributed by atoms with Crippen molar-refractivity contribution in [3.8, 4) is 0 Å². The van der Waals surface area contributed by atoms with Crippen LogP contribution >= 0.6 is 0 Å². The molecule has 1 aromatic carbocycles. The van der Waals surface area contributed by atoms with Gasteiger partial charge in [0.1, 0.15) is 0 Å². The van der Waals surface area contributed by atoms with Gasteiger partial charge in [-0.15, -0.1) is 0 Å². The molecule has 0 radical (unpaired) electrons. The highest BCUT2D eigenvalue weighted by Gasteiger charge is 2.19. The van der Waals surface area contributed by atoms with Gasteiger partial charge in [0.15, 0.2) is 0 Å². The molecule has 0 aliphatic heterocycles. The topological polar surface area (TPSA) is 12.0 Å². The summed E-state index contributed by atoms with van der Waals surface area (Å²) in [5.41, 5.74) is 2.95. The first-order valence-electron chi connectivity index (χ1n) is 7.86. The molecule has 0 spiro atoms. The average Bonchev–Trinajstić information content (AvgIpc) is 2.39. The molecule has 1 rings (SSSR count). The molecule has 1 nitrogen and oxygen atoms in total. The van der Waals surface area contributed by atoms with E-state index in [-0.39, 0.29) is 0 Å². The van der Waals surface area contributed by atoms with E-state index in [1.807, 2.05) is 0 Å². The van der Waals surface area contributed by atoms with Gasteiger partial charge in [-0.3, -0.25) is 0 Å². The van der Waals surface area contributed by atoms with E-state index < -0.39 is 0 Å². The molecule has 0 bridgehead atoms. The van der Waals surface area contributed by atoms with Crippen molar-refractivity contribution < 1.29 is 0 Å². The fourth-order valence-electron chi connectivity index (χ4n) is 2.87. The summed E-state index contributed by atoms with van der Waals surface area (Å²) in [4.78, 5) is 0. The zero-order chi connectivity index (χ0) is 14.3. The second-order valence-corrected chi connectivity index (χ2v) is 6.03. The van der Waals surface area contributed by atoms with Crippen molar-refractivity contribution in [1.82, 2.24) is 5.32 Å².